The molecule has 15 heavy (non-hydrogen) atoms. The van der Waals surface area contributed by atoms with Crippen LogP contribution in [0.5, 0.6) is 0 Å². The number of rotatable bonds is 2. The molecule has 4 heteroatoms. The Morgan fingerprint density at radius 3 is 2.87 bits per heavy atom. The number of hydrogen-bond acceptors (Lipinski definition) is 1. The molecule has 1 aromatic heterocycles. The van der Waals surface area contributed by atoms with Gasteiger partial charge in [0.2, 0.25) is 0 Å². The number of Topliss-reactive ketones (excluding diaryl/α,β-unsaturated/α-hetero) is 1. The molecule has 0 saturated heterocycles. The summed E-state index contributed by atoms with van der Waals surface area (Å²) in [6, 6.07) is 5.46. The fourth-order valence-electron chi connectivity index (χ4n) is 1.55. The number of aromatic amines is 1. The number of H-pyrrole nitrogens is 1. The van der Waals surface area contributed by atoms with Crippen molar-refractivity contribution >= 4 is 39.9 Å². The van der Waals surface area contributed by atoms with E-state index in [9.17, 15) is 4.79 Å². The molecule has 0 aliphatic rings. The summed E-state index contributed by atoms with van der Waals surface area (Å²) in [7, 11) is 0. The Labute approximate surface area is 97.2 Å². The van der Waals surface area contributed by atoms with Crippen molar-refractivity contribution in [3.05, 3.63) is 35.0 Å². The Balaban J connectivity index is 2.67. The third-order valence-corrected chi connectivity index (χ3v) is 2.79. The molecule has 2 aromatic rings. The lowest BCUT2D eigenvalue weighted by Crippen LogP contribution is -2.09. The Hall–Kier alpha value is -0.990. The lowest BCUT2D eigenvalue weighted by atomic mass is 10.1. The van der Waals surface area contributed by atoms with Gasteiger partial charge in [0, 0.05) is 22.7 Å². The van der Waals surface area contributed by atoms with Gasteiger partial charge in [-0.05, 0) is 19.1 Å². The summed E-state index contributed by atoms with van der Waals surface area (Å²) < 4.78 is 0. The molecular formula is C11H9Cl2NO. The molecule has 1 heterocycles. The number of alkyl halides is 1. The van der Waals surface area contributed by atoms with Crippen molar-refractivity contribution in [3.63, 3.8) is 0 Å². The SMILES string of the molecule is CC(Cl)C(=O)c1c[nH]c2cccc(Cl)c12. The second kappa shape index (κ2) is 3.87. The van der Waals surface area contributed by atoms with E-state index in [1.165, 1.54) is 0 Å². The normalized spacial score (nSPS) is 13.0. The minimum absolute atomic E-state index is 0.115. The highest BCUT2D eigenvalue weighted by molar-refractivity contribution is 6.39. The quantitative estimate of drug-likeness (QED) is 0.633. The molecule has 0 aliphatic heterocycles. The van der Waals surface area contributed by atoms with Crippen molar-refractivity contribution in [1.29, 1.82) is 0 Å². The molecule has 0 aliphatic carbocycles. The number of halogens is 2. The van der Waals surface area contributed by atoms with Gasteiger partial charge in [0.05, 0.1) is 10.4 Å². The molecule has 2 nitrogen and oxygen atoms in total. The Kier molecular flexibility index (Phi) is 2.72. The standard InChI is InChI=1S/C11H9Cl2NO/c1-6(12)11(15)7-5-14-9-4-2-3-8(13)10(7)9/h2-6,14H,1H3. The van der Waals surface area contributed by atoms with E-state index in [1.54, 1.807) is 19.2 Å². The Morgan fingerprint density at radius 1 is 1.47 bits per heavy atom. The Morgan fingerprint density at radius 2 is 2.20 bits per heavy atom. The van der Waals surface area contributed by atoms with E-state index in [0.717, 1.165) is 10.9 Å². The number of aromatic nitrogens is 1. The van der Waals surface area contributed by atoms with Crippen LogP contribution in [-0.4, -0.2) is 16.1 Å². The first kappa shape index (κ1) is 10.5. The van der Waals surface area contributed by atoms with Gasteiger partial charge in [-0.2, -0.15) is 0 Å². The average Bonchev–Trinajstić information content (AvgIpc) is 2.61. The van der Waals surface area contributed by atoms with E-state index < -0.39 is 5.38 Å². The fourth-order valence-corrected chi connectivity index (χ4v) is 1.94. The summed E-state index contributed by atoms with van der Waals surface area (Å²) in [6.07, 6.45) is 1.65. The minimum atomic E-state index is -0.541. The van der Waals surface area contributed by atoms with Crippen LogP contribution in [0.25, 0.3) is 10.9 Å². The van der Waals surface area contributed by atoms with Crippen molar-refractivity contribution in [2.24, 2.45) is 0 Å². The maximum Gasteiger partial charge on any atom is 0.182 e. The van der Waals surface area contributed by atoms with Crippen molar-refractivity contribution in [3.8, 4) is 0 Å². The van der Waals surface area contributed by atoms with E-state index >= 15 is 0 Å². The first-order chi connectivity index (χ1) is 7.11. The lowest BCUT2D eigenvalue weighted by Gasteiger charge is -2.01. The van der Waals surface area contributed by atoms with Crippen LogP contribution >= 0.6 is 23.2 Å². The monoisotopic (exact) mass is 241 g/mol. The molecule has 0 amide bonds. The number of benzene rings is 1. The molecule has 78 valence electrons. The largest absolute Gasteiger partial charge is 0.360 e. The van der Waals surface area contributed by atoms with E-state index in [-0.39, 0.29) is 5.78 Å². The third kappa shape index (κ3) is 1.75. The summed E-state index contributed by atoms with van der Waals surface area (Å²) in [5, 5.41) is 0.770. The van der Waals surface area contributed by atoms with Crippen LogP contribution in [0.4, 0.5) is 0 Å². The van der Waals surface area contributed by atoms with Crippen molar-refractivity contribution in [2.45, 2.75) is 12.3 Å². The van der Waals surface area contributed by atoms with Gasteiger partial charge < -0.3 is 4.98 Å². The van der Waals surface area contributed by atoms with Crippen LogP contribution in [0.3, 0.4) is 0 Å². The van der Waals surface area contributed by atoms with Gasteiger partial charge in [-0.15, -0.1) is 11.6 Å². The number of ketones is 1. The van der Waals surface area contributed by atoms with Gasteiger partial charge in [-0.1, -0.05) is 17.7 Å². The minimum Gasteiger partial charge on any atom is -0.360 e. The highest BCUT2D eigenvalue weighted by Gasteiger charge is 2.17. The number of nitrogens with one attached hydrogen (secondary N) is 1. The van der Waals surface area contributed by atoms with E-state index in [1.807, 2.05) is 12.1 Å². The zero-order chi connectivity index (χ0) is 11.0. The van der Waals surface area contributed by atoms with E-state index in [2.05, 4.69) is 4.98 Å². The molecule has 0 bridgehead atoms. The van der Waals surface area contributed by atoms with Crippen LogP contribution in [0.2, 0.25) is 5.02 Å². The zero-order valence-electron chi connectivity index (χ0n) is 8.05. The molecule has 0 fully saturated rings. The number of fused-ring (bicyclic) bond motifs is 1. The topological polar surface area (TPSA) is 32.9 Å². The van der Waals surface area contributed by atoms with Crippen LogP contribution in [0.1, 0.15) is 17.3 Å². The molecule has 0 radical (unpaired) electrons. The van der Waals surface area contributed by atoms with Gasteiger partial charge in [-0.25, -0.2) is 0 Å². The smallest absolute Gasteiger partial charge is 0.182 e. The van der Waals surface area contributed by atoms with Crippen LogP contribution < -0.4 is 0 Å². The highest BCUT2D eigenvalue weighted by atomic mass is 35.5. The summed E-state index contributed by atoms with van der Waals surface area (Å²) in [5.74, 6) is -0.115. The maximum absolute atomic E-state index is 11.8. The van der Waals surface area contributed by atoms with Gasteiger partial charge in [0.25, 0.3) is 0 Å². The van der Waals surface area contributed by atoms with Gasteiger partial charge in [0.15, 0.2) is 5.78 Å². The fraction of sp³-hybridized carbons (Fsp3) is 0.182. The molecule has 1 atom stereocenters. The van der Waals surface area contributed by atoms with Crippen LogP contribution in [0.15, 0.2) is 24.4 Å². The molecule has 0 saturated carbocycles. The van der Waals surface area contributed by atoms with E-state index in [4.69, 9.17) is 23.2 Å². The predicted octanol–water partition coefficient (Wildman–Crippen LogP) is 3.63. The first-order valence-corrected chi connectivity index (χ1v) is 5.36. The van der Waals surface area contributed by atoms with Gasteiger partial charge >= 0.3 is 0 Å². The summed E-state index contributed by atoms with van der Waals surface area (Å²) in [6.45, 7) is 1.65. The van der Waals surface area contributed by atoms with Crippen molar-refractivity contribution in [1.82, 2.24) is 4.98 Å². The predicted molar refractivity (Wildman–Crippen MR) is 63.0 cm³/mol. The van der Waals surface area contributed by atoms with Crippen molar-refractivity contribution in [2.75, 3.05) is 0 Å². The molecule has 2 rings (SSSR count). The maximum atomic E-state index is 11.8. The van der Waals surface area contributed by atoms with Gasteiger partial charge in [-0.3, -0.25) is 4.79 Å². The van der Waals surface area contributed by atoms with Crippen LogP contribution in [-0.2, 0) is 0 Å². The second-order valence-corrected chi connectivity index (χ2v) is 4.41. The molecule has 1 unspecified atom stereocenters. The van der Waals surface area contributed by atoms with E-state index in [0.29, 0.717) is 10.6 Å². The zero-order valence-corrected chi connectivity index (χ0v) is 9.56. The molecular weight excluding hydrogens is 233 g/mol. The number of hydrogen-bond donors (Lipinski definition) is 1. The summed E-state index contributed by atoms with van der Waals surface area (Å²) >= 11 is 11.8. The van der Waals surface area contributed by atoms with Crippen LogP contribution in [0, 0.1) is 0 Å². The Bertz CT molecular complexity index is 516. The average molecular weight is 242 g/mol. The third-order valence-electron chi connectivity index (χ3n) is 2.28. The first-order valence-electron chi connectivity index (χ1n) is 4.55. The second-order valence-electron chi connectivity index (χ2n) is 3.34. The van der Waals surface area contributed by atoms with Crippen molar-refractivity contribution < 1.29 is 4.79 Å². The highest BCUT2D eigenvalue weighted by Crippen LogP contribution is 2.27. The molecule has 1 aromatic carbocycles. The van der Waals surface area contributed by atoms with Gasteiger partial charge in [0.1, 0.15) is 0 Å². The number of carbonyl (C=O) groups excluding carboxylic acids is 1. The molecule has 1 N–H and O–H groups in total. The summed E-state index contributed by atoms with van der Waals surface area (Å²) in [4.78, 5) is 14.8. The summed E-state index contributed by atoms with van der Waals surface area (Å²) in [5.41, 5.74) is 1.40. The molecule has 0 spiro atoms. The number of carbonyl (C=O) groups is 1. The lowest BCUT2D eigenvalue weighted by molar-refractivity contribution is 0.0993.